The molecule has 1 aromatic carbocycles. The molecule has 0 bridgehead atoms. The lowest BCUT2D eigenvalue weighted by molar-refractivity contribution is -0.114. The molecule has 0 spiro atoms. The topological polar surface area (TPSA) is 113 Å². The van der Waals surface area contributed by atoms with Gasteiger partial charge in [-0.05, 0) is 43.7 Å². The van der Waals surface area contributed by atoms with Gasteiger partial charge in [0, 0.05) is 38.3 Å². The van der Waals surface area contributed by atoms with Crippen molar-refractivity contribution >= 4 is 31.5 Å². The number of hydrogen-bond acceptors (Lipinski definition) is 7. The molecule has 2 saturated heterocycles. The summed E-state index contributed by atoms with van der Waals surface area (Å²) in [7, 11) is -7.10. The third kappa shape index (κ3) is 6.01. The predicted octanol–water partition coefficient (Wildman–Crippen LogP) is 0.545. The summed E-state index contributed by atoms with van der Waals surface area (Å²) in [5.74, 6) is -0.381. The maximum atomic E-state index is 13.4. The van der Waals surface area contributed by atoms with Gasteiger partial charge >= 0.3 is 0 Å². The molecule has 2 aliphatic rings. The molecule has 30 heavy (non-hydrogen) atoms. The van der Waals surface area contributed by atoms with Crippen molar-refractivity contribution in [3.05, 3.63) is 24.3 Å². The molecule has 1 amide bonds. The van der Waals surface area contributed by atoms with E-state index in [1.807, 2.05) is 0 Å². The van der Waals surface area contributed by atoms with Crippen LogP contribution in [0.2, 0.25) is 0 Å². The zero-order valence-corrected chi connectivity index (χ0v) is 18.8. The number of ether oxygens (including phenoxy) is 1. The number of rotatable bonds is 8. The molecule has 168 valence electrons. The Morgan fingerprint density at radius 1 is 1.23 bits per heavy atom. The van der Waals surface area contributed by atoms with Crippen molar-refractivity contribution in [3.8, 4) is 0 Å². The van der Waals surface area contributed by atoms with E-state index >= 15 is 0 Å². The van der Waals surface area contributed by atoms with E-state index in [9.17, 15) is 21.6 Å². The normalized spacial score (nSPS) is 22.3. The highest BCUT2D eigenvalue weighted by Gasteiger charge is 2.38. The number of nitrogens with zero attached hydrogens (tertiary/aromatic N) is 2. The molecule has 0 saturated carbocycles. The van der Waals surface area contributed by atoms with Crippen LogP contribution in [0, 0.1) is 0 Å². The number of morpholine rings is 1. The number of sulfone groups is 1. The van der Waals surface area contributed by atoms with Crippen LogP contribution in [0.15, 0.2) is 29.2 Å². The molecule has 1 aromatic rings. The van der Waals surface area contributed by atoms with E-state index in [1.165, 1.54) is 35.5 Å². The van der Waals surface area contributed by atoms with Gasteiger partial charge in [-0.3, -0.25) is 9.69 Å². The van der Waals surface area contributed by atoms with Crippen LogP contribution in [-0.4, -0.2) is 88.9 Å². The number of amides is 1. The highest BCUT2D eigenvalue weighted by atomic mass is 32.2. The number of hydrogen-bond donors (Lipinski definition) is 1. The molecular weight excluding hydrogens is 430 g/mol. The highest BCUT2D eigenvalue weighted by Crippen LogP contribution is 2.26. The Hall–Kier alpha value is -1.53. The largest absolute Gasteiger partial charge is 0.379 e. The van der Waals surface area contributed by atoms with E-state index in [1.54, 1.807) is 0 Å². The summed E-state index contributed by atoms with van der Waals surface area (Å²) < 4.78 is 57.4. The molecule has 0 aromatic heterocycles. The van der Waals surface area contributed by atoms with E-state index in [0.717, 1.165) is 19.6 Å². The Morgan fingerprint density at radius 3 is 2.47 bits per heavy atom. The molecule has 2 aliphatic heterocycles. The standard InChI is InChI=1S/C19H29N3O6S2/c1-16(23)20-17-3-5-19(6-4-17)30(26,27)22(18-7-14-29(24,25)15-18)9-2-8-21-10-12-28-13-11-21/h3-6,18H,2,7-15H2,1H3,(H,20,23). The van der Waals surface area contributed by atoms with Crippen LogP contribution in [0.3, 0.4) is 0 Å². The average Bonchev–Trinajstić information content (AvgIpc) is 3.05. The SMILES string of the molecule is CC(=O)Nc1ccc(S(=O)(=O)N(CCCN2CCOCC2)C2CCS(=O)(=O)C2)cc1. The van der Waals surface area contributed by atoms with Gasteiger partial charge in [-0.2, -0.15) is 4.31 Å². The van der Waals surface area contributed by atoms with Gasteiger partial charge in [0.25, 0.3) is 0 Å². The zero-order chi connectivity index (χ0) is 21.8. The van der Waals surface area contributed by atoms with Crippen LogP contribution < -0.4 is 5.32 Å². The van der Waals surface area contributed by atoms with Gasteiger partial charge in [-0.25, -0.2) is 16.8 Å². The van der Waals surface area contributed by atoms with Crippen LogP contribution in [-0.2, 0) is 29.4 Å². The first-order valence-corrected chi connectivity index (χ1v) is 13.3. The fourth-order valence-electron chi connectivity index (χ4n) is 3.83. The Kier molecular flexibility index (Phi) is 7.51. The molecule has 1 N–H and O–H groups in total. The quantitative estimate of drug-likeness (QED) is 0.604. The molecule has 1 unspecified atom stereocenters. The second-order valence-corrected chi connectivity index (χ2v) is 11.8. The Bertz CT molecular complexity index is 941. The van der Waals surface area contributed by atoms with Gasteiger partial charge in [0.05, 0.1) is 29.6 Å². The number of anilines is 1. The lowest BCUT2D eigenvalue weighted by Crippen LogP contribution is -2.43. The Morgan fingerprint density at radius 2 is 1.90 bits per heavy atom. The van der Waals surface area contributed by atoms with Crippen LogP contribution >= 0.6 is 0 Å². The van der Waals surface area contributed by atoms with Crippen molar-refractivity contribution in [3.63, 3.8) is 0 Å². The molecule has 3 rings (SSSR count). The first-order chi connectivity index (χ1) is 14.2. The summed E-state index contributed by atoms with van der Waals surface area (Å²) in [6.45, 7) is 5.34. The Labute approximate surface area is 178 Å². The summed E-state index contributed by atoms with van der Waals surface area (Å²) in [6.07, 6.45) is 0.919. The van der Waals surface area contributed by atoms with Crippen LogP contribution in [0.1, 0.15) is 19.8 Å². The second kappa shape index (κ2) is 9.73. The smallest absolute Gasteiger partial charge is 0.243 e. The van der Waals surface area contributed by atoms with Crippen molar-refractivity contribution in [1.82, 2.24) is 9.21 Å². The Balaban J connectivity index is 1.76. The van der Waals surface area contributed by atoms with E-state index in [4.69, 9.17) is 4.74 Å². The molecular formula is C19H29N3O6S2. The lowest BCUT2D eigenvalue weighted by Gasteiger charge is -2.30. The fraction of sp³-hybridized carbons (Fsp3) is 0.632. The molecule has 2 heterocycles. The van der Waals surface area contributed by atoms with Gasteiger partial charge < -0.3 is 10.1 Å². The van der Waals surface area contributed by atoms with Gasteiger partial charge in [0.1, 0.15) is 0 Å². The third-order valence-electron chi connectivity index (χ3n) is 5.35. The second-order valence-electron chi connectivity index (χ2n) is 7.69. The van der Waals surface area contributed by atoms with E-state index in [2.05, 4.69) is 10.2 Å². The first-order valence-electron chi connectivity index (χ1n) is 10.1. The molecule has 11 heteroatoms. The molecule has 2 fully saturated rings. The fourth-order valence-corrected chi connectivity index (χ4v) is 7.34. The molecule has 1 atom stereocenters. The predicted molar refractivity (Wildman–Crippen MR) is 114 cm³/mol. The first kappa shape index (κ1) is 23.1. The summed E-state index contributed by atoms with van der Waals surface area (Å²) in [6, 6.07) is 5.40. The number of sulfonamides is 1. The van der Waals surface area contributed by atoms with Crippen LogP contribution in [0.5, 0.6) is 0 Å². The maximum absolute atomic E-state index is 13.4. The monoisotopic (exact) mass is 459 g/mol. The van der Waals surface area contributed by atoms with Gasteiger partial charge in [-0.1, -0.05) is 0 Å². The minimum Gasteiger partial charge on any atom is -0.379 e. The van der Waals surface area contributed by atoms with Crippen molar-refractivity contribution in [1.29, 1.82) is 0 Å². The minimum absolute atomic E-state index is 0.00855. The van der Waals surface area contributed by atoms with Crippen molar-refractivity contribution < 1.29 is 26.4 Å². The summed E-state index contributed by atoms with van der Waals surface area (Å²) in [5, 5.41) is 2.61. The average molecular weight is 460 g/mol. The molecule has 0 radical (unpaired) electrons. The lowest BCUT2D eigenvalue weighted by atomic mass is 10.2. The number of nitrogens with one attached hydrogen (secondary N) is 1. The zero-order valence-electron chi connectivity index (χ0n) is 17.1. The van der Waals surface area contributed by atoms with Crippen molar-refractivity contribution in [2.24, 2.45) is 0 Å². The van der Waals surface area contributed by atoms with E-state index < -0.39 is 25.9 Å². The van der Waals surface area contributed by atoms with Crippen LogP contribution in [0.25, 0.3) is 0 Å². The minimum atomic E-state index is -3.87. The van der Waals surface area contributed by atoms with E-state index in [0.29, 0.717) is 31.7 Å². The van der Waals surface area contributed by atoms with Crippen molar-refractivity contribution in [2.45, 2.75) is 30.7 Å². The number of benzene rings is 1. The van der Waals surface area contributed by atoms with E-state index in [-0.39, 0.29) is 28.9 Å². The molecule has 0 aliphatic carbocycles. The summed E-state index contributed by atoms with van der Waals surface area (Å²) >= 11 is 0. The maximum Gasteiger partial charge on any atom is 0.243 e. The number of carbonyl (C=O) groups excluding carboxylic acids is 1. The van der Waals surface area contributed by atoms with Gasteiger partial charge in [-0.15, -0.1) is 0 Å². The van der Waals surface area contributed by atoms with Crippen molar-refractivity contribution in [2.75, 3.05) is 56.2 Å². The summed E-state index contributed by atoms with van der Waals surface area (Å²) in [4.78, 5) is 13.5. The van der Waals surface area contributed by atoms with Crippen LogP contribution in [0.4, 0.5) is 5.69 Å². The summed E-state index contributed by atoms with van der Waals surface area (Å²) in [5.41, 5.74) is 0.503. The molecule has 9 nitrogen and oxygen atoms in total. The van der Waals surface area contributed by atoms with Gasteiger partial charge in [0.2, 0.25) is 15.9 Å². The third-order valence-corrected chi connectivity index (χ3v) is 9.07. The van der Waals surface area contributed by atoms with Gasteiger partial charge in [0.15, 0.2) is 9.84 Å². The number of carbonyl (C=O) groups is 1. The highest BCUT2D eigenvalue weighted by molar-refractivity contribution is 7.92.